The summed E-state index contributed by atoms with van der Waals surface area (Å²) in [6.07, 6.45) is 2.05. The normalized spacial score (nSPS) is 11.7. The summed E-state index contributed by atoms with van der Waals surface area (Å²) in [5, 5.41) is 2.16. The summed E-state index contributed by atoms with van der Waals surface area (Å²) in [4.78, 5) is 0. The van der Waals surface area contributed by atoms with Crippen LogP contribution in [0.2, 0.25) is 0 Å². The van der Waals surface area contributed by atoms with Gasteiger partial charge < -0.3 is 0 Å². The lowest BCUT2D eigenvalue weighted by molar-refractivity contribution is -0.665. The van der Waals surface area contributed by atoms with Crippen molar-refractivity contribution in [3.8, 4) is 22.4 Å². The first-order valence-corrected chi connectivity index (χ1v) is 10.6. The molecule has 146 valence electrons. The molecule has 1 aromatic heterocycles. The van der Waals surface area contributed by atoms with E-state index in [1.54, 1.807) is 0 Å². The Kier molecular flexibility index (Phi) is 4.89. The van der Waals surface area contributed by atoms with Crippen LogP contribution in [-0.2, 0) is 19.9 Å². The van der Waals surface area contributed by atoms with E-state index < -0.39 is 0 Å². The first-order chi connectivity index (χ1) is 14.5. The maximum Gasteiger partial charge on any atom is 0.220 e. The monoisotopic (exact) mass is 381 g/mol. The van der Waals surface area contributed by atoms with Crippen molar-refractivity contribution in [2.24, 2.45) is 7.05 Å². The Hall–Kier alpha value is -2.93. The largest absolute Gasteiger partial charge is 0.220 e. The molecule has 4 aromatic rings. The van der Waals surface area contributed by atoms with E-state index in [-0.39, 0.29) is 0 Å². The van der Waals surface area contributed by atoms with Crippen molar-refractivity contribution < 1.29 is 5.94 Å². The van der Waals surface area contributed by atoms with Crippen molar-refractivity contribution in [2.45, 2.75) is 40.5 Å². The molecule has 0 aliphatic carbocycles. The molecule has 0 aliphatic heterocycles. The van der Waals surface area contributed by atoms with Gasteiger partial charge in [0.2, 0.25) is 5.69 Å². The lowest BCUT2D eigenvalue weighted by Gasteiger charge is -2.15. The van der Waals surface area contributed by atoms with E-state index >= 15 is 0 Å². The molecule has 0 atom stereocenters. The third kappa shape index (κ3) is 3.46. The number of nitrogens with zero attached hydrogens (tertiary/aromatic N) is 1. The van der Waals surface area contributed by atoms with Gasteiger partial charge in [-0.3, -0.25) is 0 Å². The van der Waals surface area contributed by atoms with E-state index in [9.17, 15) is 0 Å². The summed E-state index contributed by atoms with van der Waals surface area (Å²) in [5.74, 6) is 0. The molecule has 1 heteroatoms. The van der Waals surface area contributed by atoms with Crippen LogP contribution >= 0.6 is 0 Å². The van der Waals surface area contributed by atoms with Crippen LogP contribution in [0.1, 0.15) is 37.6 Å². The van der Waals surface area contributed by atoms with E-state index in [4.69, 9.17) is 1.37 Å². The summed E-state index contributed by atoms with van der Waals surface area (Å²) >= 11 is 0. The fourth-order valence-corrected chi connectivity index (χ4v) is 4.27. The number of aromatic nitrogens is 1. The van der Waals surface area contributed by atoms with Gasteiger partial charge in [-0.2, -0.15) is 4.57 Å². The maximum atomic E-state index is 8.84. The minimum Gasteiger partial charge on any atom is -0.198 e. The molecule has 0 unspecified atom stereocenters. The Morgan fingerprint density at radius 3 is 2.31 bits per heavy atom. The maximum absolute atomic E-state index is 8.84. The molecule has 0 fully saturated rings. The summed E-state index contributed by atoms with van der Waals surface area (Å²) in [7, 11) is 2.09. The van der Waals surface area contributed by atoms with Crippen LogP contribution in [0.15, 0.2) is 66.7 Å². The quantitative estimate of drug-likeness (QED) is 0.345. The summed E-state index contributed by atoms with van der Waals surface area (Å²) < 4.78 is 11.0. The van der Waals surface area contributed by atoms with Crippen LogP contribution in [0.5, 0.6) is 0 Å². The van der Waals surface area contributed by atoms with Crippen LogP contribution in [0, 0.1) is 13.8 Å². The molecule has 0 aliphatic rings. The number of aryl methyl sites for hydroxylation is 2. The average molecular weight is 382 g/mol. The second-order valence-corrected chi connectivity index (χ2v) is 7.88. The van der Waals surface area contributed by atoms with Crippen LogP contribution in [0.3, 0.4) is 0 Å². The number of rotatable bonds is 4. The van der Waals surface area contributed by atoms with Gasteiger partial charge in [-0.05, 0) is 71.2 Å². The van der Waals surface area contributed by atoms with Gasteiger partial charge in [0, 0.05) is 13.0 Å². The topological polar surface area (TPSA) is 3.88 Å². The first-order valence-electron chi connectivity index (χ1n) is 11.1. The van der Waals surface area contributed by atoms with E-state index in [0.29, 0.717) is 6.04 Å². The van der Waals surface area contributed by atoms with Gasteiger partial charge in [-0.25, -0.2) is 0 Å². The van der Waals surface area contributed by atoms with Crippen molar-refractivity contribution in [3.63, 3.8) is 0 Å². The van der Waals surface area contributed by atoms with Gasteiger partial charge in [0.05, 0.1) is 12.3 Å². The van der Waals surface area contributed by atoms with Crippen molar-refractivity contribution in [2.75, 3.05) is 0 Å². The minimum atomic E-state index is 0.606. The highest BCUT2D eigenvalue weighted by Crippen LogP contribution is 2.33. The molecule has 0 saturated heterocycles. The van der Waals surface area contributed by atoms with E-state index in [2.05, 4.69) is 93.9 Å². The molecule has 0 bridgehead atoms. The van der Waals surface area contributed by atoms with Crippen molar-refractivity contribution in [3.05, 3.63) is 89.1 Å². The second kappa shape index (κ2) is 7.83. The van der Waals surface area contributed by atoms with Gasteiger partial charge in [0.15, 0.2) is 5.69 Å². The smallest absolute Gasteiger partial charge is 0.198 e. The lowest BCUT2D eigenvalue weighted by atomic mass is 9.91. The number of hydrogen-bond donors (Lipinski definition) is 0. The summed E-state index contributed by atoms with van der Waals surface area (Å²) in [6.45, 7) is 8.74. The number of pyridine rings is 1. The zero-order valence-electron chi connectivity index (χ0n) is 19.1. The molecule has 0 radical (unpaired) electrons. The molecular formula is C28H30N+. The Balaban J connectivity index is 2.07. The van der Waals surface area contributed by atoms with E-state index in [1.807, 2.05) is 6.07 Å². The van der Waals surface area contributed by atoms with Gasteiger partial charge in [-0.15, -0.1) is 0 Å². The lowest BCUT2D eigenvalue weighted by Crippen LogP contribution is -2.35. The van der Waals surface area contributed by atoms with Crippen LogP contribution in [0.4, 0.5) is 0 Å². The molecule has 0 N–H and O–H groups in total. The van der Waals surface area contributed by atoms with Gasteiger partial charge >= 0.3 is 0 Å². The third-order valence-corrected chi connectivity index (χ3v) is 6.16. The second-order valence-electron chi connectivity index (χ2n) is 7.88. The number of fused-ring (bicyclic) bond motifs is 1. The molecule has 0 spiro atoms. The van der Waals surface area contributed by atoms with Crippen LogP contribution in [-0.4, -0.2) is 0 Å². The van der Waals surface area contributed by atoms with E-state index in [0.717, 1.165) is 34.9 Å². The Morgan fingerprint density at radius 2 is 1.62 bits per heavy atom. The first kappa shape index (κ1) is 18.1. The Morgan fingerprint density at radius 1 is 0.862 bits per heavy atom. The zero-order chi connectivity index (χ0) is 21.4. The van der Waals surface area contributed by atoms with Crippen LogP contribution < -0.4 is 4.57 Å². The predicted molar refractivity (Wildman–Crippen MR) is 124 cm³/mol. The van der Waals surface area contributed by atoms with Crippen molar-refractivity contribution >= 4 is 10.8 Å². The highest BCUT2D eigenvalue weighted by atomic mass is 14.9. The average Bonchev–Trinajstić information content (AvgIpc) is 2.79. The van der Waals surface area contributed by atoms with Gasteiger partial charge in [-0.1, -0.05) is 56.3 Å². The van der Waals surface area contributed by atoms with Gasteiger partial charge in [0.1, 0.15) is 7.05 Å². The minimum absolute atomic E-state index is 0.606. The van der Waals surface area contributed by atoms with E-state index in [1.165, 1.54) is 33.5 Å². The highest BCUT2D eigenvalue weighted by molar-refractivity contribution is 5.96. The molecule has 0 saturated carbocycles. The van der Waals surface area contributed by atoms with Gasteiger partial charge in [0.25, 0.3) is 0 Å². The Bertz CT molecular complexity index is 1240. The standard InChI is InChI=1S/C28H30N/c1-6-21-16-22(7-2)20(4)27(17-21)28-26-14-13-24(23-11-9-8-10-12-23)18-25(26)15-19(3)29(28)5/h8-18H,6-7H2,1-5H3/q+1/i15D. The predicted octanol–water partition coefficient (Wildman–Crippen LogP) is 6.74. The molecular weight excluding hydrogens is 350 g/mol. The molecule has 1 heterocycles. The summed E-state index contributed by atoms with van der Waals surface area (Å²) in [6, 6.07) is 22.3. The zero-order valence-corrected chi connectivity index (χ0v) is 18.1. The fraction of sp³-hybridized carbons (Fsp3) is 0.250. The SMILES string of the molecule is [2H]c1c(C)[n+](C)c(-c2cc(CC)cc(CC)c2C)c2ccc(-c3ccccc3)cc12. The molecule has 29 heavy (non-hydrogen) atoms. The number of hydrogen-bond acceptors (Lipinski definition) is 0. The van der Waals surface area contributed by atoms with Crippen molar-refractivity contribution in [1.29, 1.82) is 0 Å². The fourth-order valence-electron chi connectivity index (χ4n) is 4.27. The molecule has 0 amide bonds. The summed E-state index contributed by atoms with van der Waals surface area (Å²) in [5.41, 5.74) is 9.95. The Labute approximate surface area is 176 Å². The molecule has 4 rings (SSSR count). The third-order valence-electron chi connectivity index (χ3n) is 6.16. The molecule has 3 aromatic carbocycles. The molecule has 1 nitrogen and oxygen atoms in total. The number of benzene rings is 3. The van der Waals surface area contributed by atoms with Crippen molar-refractivity contribution in [1.82, 2.24) is 0 Å². The highest BCUT2D eigenvalue weighted by Gasteiger charge is 2.21. The van der Waals surface area contributed by atoms with Crippen LogP contribution in [0.25, 0.3) is 33.2 Å².